The van der Waals surface area contributed by atoms with Crippen molar-refractivity contribution in [2.24, 2.45) is 0 Å². The molecule has 7 nitrogen and oxygen atoms in total. The summed E-state index contributed by atoms with van der Waals surface area (Å²) in [5.74, 6) is 1.31. The van der Waals surface area contributed by atoms with Crippen LogP contribution in [0.1, 0.15) is 12.5 Å². The predicted molar refractivity (Wildman–Crippen MR) is 130 cm³/mol. The molecule has 0 bridgehead atoms. The van der Waals surface area contributed by atoms with Crippen molar-refractivity contribution in [1.29, 1.82) is 0 Å². The van der Waals surface area contributed by atoms with Crippen LogP contribution < -0.4 is 10.1 Å². The number of anilines is 1. The first-order chi connectivity index (χ1) is 16.6. The van der Waals surface area contributed by atoms with Crippen molar-refractivity contribution in [2.75, 3.05) is 18.5 Å². The van der Waals surface area contributed by atoms with Crippen LogP contribution in [0, 0.1) is 5.82 Å². The first kappa shape index (κ1) is 21.8. The van der Waals surface area contributed by atoms with E-state index in [4.69, 9.17) is 9.26 Å². The van der Waals surface area contributed by atoms with Gasteiger partial charge in [-0.2, -0.15) is 0 Å². The Bertz CT molecular complexity index is 1450. The lowest BCUT2D eigenvalue weighted by Gasteiger charge is -2.11. The SMILES string of the molecule is CCOc1cc(-c2cc(NCCc3cc(F)c4sccc4c3)ncn2)ccc1-c1cc(O)no1. The van der Waals surface area contributed by atoms with Gasteiger partial charge >= 0.3 is 0 Å². The Morgan fingerprint density at radius 2 is 2.03 bits per heavy atom. The lowest BCUT2D eigenvalue weighted by atomic mass is 10.1. The summed E-state index contributed by atoms with van der Waals surface area (Å²) >= 11 is 1.41. The second kappa shape index (κ2) is 9.48. The number of ether oxygens (including phenoxy) is 1. The van der Waals surface area contributed by atoms with Crippen LogP contribution >= 0.6 is 11.3 Å². The fourth-order valence-corrected chi connectivity index (χ4v) is 4.53. The molecule has 0 aliphatic rings. The number of nitrogens with one attached hydrogen (secondary N) is 1. The van der Waals surface area contributed by atoms with Crippen molar-refractivity contribution in [3.05, 3.63) is 71.6 Å². The number of aromatic hydroxyl groups is 1. The van der Waals surface area contributed by atoms with E-state index in [9.17, 15) is 9.50 Å². The molecule has 0 saturated carbocycles. The molecule has 0 fully saturated rings. The van der Waals surface area contributed by atoms with Crippen LogP contribution in [0.3, 0.4) is 0 Å². The molecule has 172 valence electrons. The van der Waals surface area contributed by atoms with Crippen LogP contribution in [0.25, 0.3) is 32.7 Å². The summed E-state index contributed by atoms with van der Waals surface area (Å²) in [4.78, 5) is 8.70. The standard InChI is InChI=1S/C25H21FN4O3S/c1-2-32-21-11-16(3-4-18(21)22-13-24(31)30-33-22)20-12-23(29-14-28-20)27-7-5-15-9-17-6-8-34-25(17)19(26)10-15/h3-4,6,8-14H,2,5,7H2,1H3,(H,30,31)(H,27,28,29). The van der Waals surface area contributed by atoms with E-state index in [2.05, 4.69) is 20.4 Å². The normalized spacial score (nSPS) is 11.1. The molecule has 0 unspecified atom stereocenters. The van der Waals surface area contributed by atoms with Gasteiger partial charge in [0.2, 0.25) is 0 Å². The number of nitrogens with zero attached hydrogens (tertiary/aromatic N) is 3. The summed E-state index contributed by atoms with van der Waals surface area (Å²) in [6.07, 6.45) is 2.16. The van der Waals surface area contributed by atoms with Gasteiger partial charge in [0.15, 0.2) is 5.76 Å². The van der Waals surface area contributed by atoms with E-state index in [1.807, 2.05) is 48.7 Å². The van der Waals surface area contributed by atoms with Crippen LogP contribution in [-0.4, -0.2) is 33.4 Å². The molecule has 0 amide bonds. The molecular formula is C25H21FN4O3S. The van der Waals surface area contributed by atoms with Crippen molar-refractivity contribution >= 4 is 27.2 Å². The Kier molecular flexibility index (Phi) is 6.09. The number of benzene rings is 2. The summed E-state index contributed by atoms with van der Waals surface area (Å²) in [5.41, 5.74) is 3.17. The van der Waals surface area contributed by atoms with Gasteiger partial charge < -0.3 is 19.7 Å². The maximum Gasteiger partial charge on any atom is 0.252 e. The third-order valence-electron chi connectivity index (χ3n) is 5.29. The molecule has 9 heteroatoms. The van der Waals surface area contributed by atoms with E-state index in [0.29, 0.717) is 47.2 Å². The number of hydrogen-bond donors (Lipinski definition) is 2. The zero-order valence-electron chi connectivity index (χ0n) is 18.3. The Morgan fingerprint density at radius 1 is 1.12 bits per heavy atom. The van der Waals surface area contributed by atoms with Gasteiger partial charge in [-0.1, -0.05) is 12.1 Å². The van der Waals surface area contributed by atoms with Crippen molar-refractivity contribution in [2.45, 2.75) is 13.3 Å². The van der Waals surface area contributed by atoms with Crippen LogP contribution in [0.15, 0.2) is 64.8 Å². The molecule has 0 spiro atoms. The molecule has 2 N–H and O–H groups in total. The molecule has 0 saturated heterocycles. The number of thiophene rings is 1. The van der Waals surface area contributed by atoms with E-state index < -0.39 is 0 Å². The summed E-state index contributed by atoms with van der Waals surface area (Å²) in [5, 5.41) is 19.2. The van der Waals surface area contributed by atoms with Crippen molar-refractivity contribution < 1.29 is 18.8 Å². The molecule has 3 aromatic heterocycles. The highest BCUT2D eigenvalue weighted by Gasteiger charge is 2.14. The first-order valence-electron chi connectivity index (χ1n) is 10.8. The smallest absolute Gasteiger partial charge is 0.252 e. The molecule has 5 rings (SSSR count). The average Bonchev–Trinajstić information content (AvgIpc) is 3.49. The van der Waals surface area contributed by atoms with Crippen LogP contribution in [-0.2, 0) is 6.42 Å². The summed E-state index contributed by atoms with van der Waals surface area (Å²) in [6.45, 7) is 2.96. The average molecular weight is 477 g/mol. The van der Waals surface area contributed by atoms with Gasteiger partial charge in [-0.05, 0) is 59.1 Å². The maximum absolute atomic E-state index is 14.2. The maximum atomic E-state index is 14.2. The minimum atomic E-state index is -0.189. The highest BCUT2D eigenvalue weighted by atomic mass is 32.1. The number of aromatic nitrogens is 3. The molecule has 2 aromatic carbocycles. The second-order valence-electron chi connectivity index (χ2n) is 7.58. The van der Waals surface area contributed by atoms with E-state index >= 15 is 0 Å². The van der Waals surface area contributed by atoms with Crippen LogP contribution in [0.2, 0.25) is 0 Å². The highest BCUT2D eigenvalue weighted by molar-refractivity contribution is 7.17. The zero-order valence-corrected chi connectivity index (χ0v) is 19.1. The number of fused-ring (bicyclic) bond motifs is 1. The number of rotatable bonds is 8. The fraction of sp³-hybridized carbons (Fsp3) is 0.160. The van der Waals surface area contributed by atoms with Gasteiger partial charge in [-0.3, -0.25) is 0 Å². The largest absolute Gasteiger partial charge is 0.493 e. The highest BCUT2D eigenvalue weighted by Crippen LogP contribution is 2.35. The second-order valence-corrected chi connectivity index (χ2v) is 8.49. The molecule has 0 aliphatic heterocycles. The van der Waals surface area contributed by atoms with E-state index in [-0.39, 0.29) is 11.7 Å². The third-order valence-corrected chi connectivity index (χ3v) is 6.23. The fourth-order valence-electron chi connectivity index (χ4n) is 3.74. The van der Waals surface area contributed by atoms with E-state index in [1.54, 1.807) is 6.07 Å². The van der Waals surface area contributed by atoms with E-state index in [1.165, 1.54) is 23.7 Å². The summed E-state index contributed by atoms with van der Waals surface area (Å²) < 4.78 is 25.9. The van der Waals surface area contributed by atoms with E-state index in [0.717, 1.165) is 22.2 Å². The van der Waals surface area contributed by atoms with Crippen molar-refractivity contribution in [1.82, 2.24) is 15.1 Å². The lowest BCUT2D eigenvalue weighted by Crippen LogP contribution is -2.07. The monoisotopic (exact) mass is 476 g/mol. The molecule has 0 atom stereocenters. The lowest BCUT2D eigenvalue weighted by molar-refractivity contribution is 0.337. The van der Waals surface area contributed by atoms with Gasteiger partial charge in [0.25, 0.3) is 5.88 Å². The number of hydrogen-bond acceptors (Lipinski definition) is 8. The van der Waals surface area contributed by atoms with Crippen LogP contribution in [0.4, 0.5) is 10.2 Å². The molecular weight excluding hydrogens is 455 g/mol. The summed E-state index contributed by atoms with van der Waals surface area (Å²) in [7, 11) is 0. The molecule has 0 aliphatic carbocycles. The van der Waals surface area contributed by atoms with Crippen molar-refractivity contribution in [3.8, 4) is 34.2 Å². The Morgan fingerprint density at radius 3 is 2.85 bits per heavy atom. The van der Waals surface area contributed by atoms with Gasteiger partial charge in [-0.15, -0.1) is 11.3 Å². The van der Waals surface area contributed by atoms with Gasteiger partial charge in [0, 0.05) is 24.2 Å². The Labute approximate surface area is 198 Å². The topological polar surface area (TPSA) is 93.3 Å². The molecule has 34 heavy (non-hydrogen) atoms. The number of halogens is 1. The van der Waals surface area contributed by atoms with Crippen molar-refractivity contribution in [3.63, 3.8) is 0 Å². The third kappa shape index (κ3) is 4.55. The molecule has 3 heterocycles. The molecule has 0 radical (unpaired) electrons. The zero-order chi connectivity index (χ0) is 23.5. The molecule has 5 aromatic rings. The van der Waals surface area contributed by atoms with Gasteiger partial charge in [0.05, 0.1) is 22.6 Å². The van der Waals surface area contributed by atoms with Gasteiger partial charge in [0.1, 0.15) is 23.7 Å². The Hall–Kier alpha value is -3.98. The quantitative estimate of drug-likeness (QED) is 0.287. The van der Waals surface area contributed by atoms with Gasteiger partial charge in [-0.25, -0.2) is 14.4 Å². The predicted octanol–water partition coefficient (Wildman–Crippen LogP) is 5.91. The van der Waals surface area contributed by atoms with Crippen LogP contribution in [0.5, 0.6) is 11.6 Å². The minimum absolute atomic E-state index is 0.180. The summed E-state index contributed by atoms with van der Waals surface area (Å²) in [6, 6.07) is 14.4. The minimum Gasteiger partial charge on any atom is -0.493 e. The first-order valence-corrected chi connectivity index (χ1v) is 11.6. The Balaban J connectivity index is 1.32.